The lowest BCUT2D eigenvalue weighted by Gasteiger charge is -2.38. The monoisotopic (exact) mass is 349 g/mol. The first kappa shape index (κ1) is 15.8. The molecule has 1 saturated heterocycles. The Morgan fingerprint density at radius 1 is 1.04 bits per heavy atom. The number of anilines is 1. The molecular formula is C20H23N5O. The summed E-state index contributed by atoms with van der Waals surface area (Å²) in [4.78, 5) is 0. The minimum Gasteiger partial charge on any atom is -0.375 e. The van der Waals surface area contributed by atoms with Gasteiger partial charge >= 0.3 is 0 Å². The fraction of sp³-hybridized carbons (Fsp3) is 0.450. The van der Waals surface area contributed by atoms with Gasteiger partial charge in [0, 0.05) is 18.2 Å². The van der Waals surface area contributed by atoms with Crippen LogP contribution in [0.5, 0.6) is 0 Å². The Bertz CT molecular complexity index is 901. The van der Waals surface area contributed by atoms with Crippen LogP contribution in [0.1, 0.15) is 38.5 Å². The zero-order valence-corrected chi connectivity index (χ0v) is 14.8. The van der Waals surface area contributed by atoms with Gasteiger partial charge in [0.15, 0.2) is 11.5 Å². The van der Waals surface area contributed by atoms with Gasteiger partial charge in [-0.15, -0.1) is 15.3 Å². The molecule has 134 valence electrons. The van der Waals surface area contributed by atoms with E-state index in [1.54, 1.807) is 0 Å². The number of benzene rings is 1. The molecule has 1 unspecified atom stereocenters. The number of nitrogens with zero attached hydrogens (tertiary/aromatic N) is 4. The molecule has 26 heavy (non-hydrogen) atoms. The second-order valence-electron chi connectivity index (χ2n) is 7.45. The first-order chi connectivity index (χ1) is 12.8. The smallest absolute Gasteiger partial charge is 0.185 e. The lowest BCUT2D eigenvalue weighted by atomic mass is 9.89. The maximum absolute atomic E-state index is 6.14. The number of hydrogen-bond donors (Lipinski definition) is 1. The summed E-state index contributed by atoms with van der Waals surface area (Å²) in [6.45, 7) is 0.835. The van der Waals surface area contributed by atoms with E-state index < -0.39 is 0 Å². The van der Waals surface area contributed by atoms with Gasteiger partial charge in [0.05, 0.1) is 5.60 Å². The predicted molar refractivity (Wildman–Crippen MR) is 100 cm³/mol. The fourth-order valence-electron chi connectivity index (χ4n) is 4.36. The van der Waals surface area contributed by atoms with Crippen LogP contribution in [0.4, 0.5) is 5.82 Å². The van der Waals surface area contributed by atoms with Crippen LogP contribution in [0.3, 0.4) is 0 Å². The summed E-state index contributed by atoms with van der Waals surface area (Å²) >= 11 is 0. The number of nitrogens with one attached hydrogen (secondary N) is 1. The molecule has 1 N–H and O–H groups in total. The number of fused-ring (bicyclic) bond motifs is 1. The molecule has 5 rings (SSSR count). The third-order valence-electron chi connectivity index (χ3n) is 5.65. The van der Waals surface area contributed by atoms with Crippen molar-refractivity contribution in [2.24, 2.45) is 0 Å². The van der Waals surface area contributed by atoms with Crippen molar-refractivity contribution >= 4 is 11.5 Å². The second kappa shape index (κ2) is 6.36. The highest BCUT2D eigenvalue weighted by molar-refractivity contribution is 5.59. The Morgan fingerprint density at radius 2 is 1.88 bits per heavy atom. The van der Waals surface area contributed by atoms with Crippen LogP contribution in [0, 0.1) is 0 Å². The van der Waals surface area contributed by atoms with E-state index in [9.17, 15) is 0 Å². The van der Waals surface area contributed by atoms with E-state index in [4.69, 9.17) is 9.84 Å². The molecule has 3 heterocycles. The lowest BCUT2D eigenvalue weighted by molar-refractivity contribution is -0.0767. The molecule has 1 aromatic carbocycles. The third kappa shape index (κ3) is 2.84. The molecule has 6 nitrogen and oxygen atoms in total. The maximum atomic E-state index is 6.14. The summed E-state index contributed by atoms with van der Waals surface area (Å²) in [7, 11) is 0. The van der Waals surface area contributed by atoms with Gasteiger partial charge in [-0.25, -0.2) is 0 Å². The molecule has 2 aliphatic rings. The fourth-order valence-corrected chi connectivity index (χ4v) is 4.36. The van der Waals surface area contributed by atoms with Gasteiger partial charge in [-0.1, -0.05) is 43.2 Å². The van der Waals surface area contributed by atoms with Crippen LogP contribution in [0.25, 0.3) is 17.0 Å². The number of ether oxygens (including phenoxy) is 1. The molecule has 1 aliphatic heterocycles. The summed E-state index contributed by atoms with van der Waals surface area (Å²) < 4.78 is 7.97. The van der Waals surface area contributed by atoms with Crippen molar-refractivity contribution in [3.8, 4) is 11.4 Å². The summed E-state index contributed by atoms with van der Waals surface area (Å²) in [5.41, 5.74) is 1.88. The molecule has 1 atom stereocenters. The second-order valence-corrected chi connectivity index (χ2v) is 7.45. The molecule has 2 aromatic heterocycles. The topological polar surface area (TPSA) is 64.3 Å². The quantitative estimate of drug-likeness (QED) is 0.781. The molecule has 6 heteroatoms. The molecule has 1 aliphatic carbocycles. The lowest BCUT2D eigenvalue weighted by Crippen LogP contribution is -2.42. The minimum absolute atomic E-state index is 0.103. The van der Waals surface area contributed by atoms with E-state index in [2.05, 4.69) is 15.5 Å². The Hall–Kier alpha value is -2.47. The first-order valence-electron chi connectivity index (χ1n) is 9.50. The average Bonchev–Trinajstić information content (AvgIpc) is 3.29. The SMILES string of the molecule is c1ccc(-c2nnc3ccc(NC4CCOC5(CCCC5)C4)nn23)cc1. The van der Waals surface area contributed by atoms with Gasteiger partial charge in [-0.2, -0.15) is 4.52 Å². The van der Waals surface area contributed by atoms with Gasteiger partial charge in [-0.3, -0.25) is 0 Å². The van der Waals surface area contributed by atoms with Gasteiger partial charge in [0.1, 0.15) is 5.82 Å². The molecule has 0 radical (unpaired) electrons. The summed E-state index contributed by atoms with van der Waals surface area (Å²) in [5, 5.41) is 16.9. The van der Waals surface area contributed by atoms with Crippen LogP contribution in [-0.4, -0.2) is 38.1 Å². The molecule has 0 amide bonds. The van der Waals surface area contributed by atoms with E-state index in [0.717, 1.165) is 42.3 Å². The maximum Gasteiger partial charge on any atom is 0.185 e. The van der Waals surface area contributed by atoms with E-state index >= 15 is 0 Å². The van der Waals surface area contributed by atoms with Crippen molar-refractivity contribution in [2.75, 3.05) is 11.9 Å². The van der Waals surface area contributed by atoms with Crippen LogP contribution >= 0.6 is 0 Å². The summed E-state index contributed by atoms with van der Waals surface area (Å²) in [6.07, 6.45) is 7.06. The summed E-state index contributed by atoms with van der Waals surface area (Å²) in [5.74, 6) is 1.64. The zero-order valence-electron chi connectivity index (χ0n) is 14.8. The average molecular weight is 349 g/mol. The standard InChI is InChI=1S/C20H23N5O/c1-2-6-15(7-3-1)19-23-22-18-9-8-17(24-25(18)19)21-16-10-13-26-20(14-16)11-4-5-12-20/h1-3,6-9,16H,4-5,10-14H2,(H,21,24). The molecule has 3 aromatic rings. The Kier molecular flexibility index (Phi) is 3.85. The molecule has 2 fully saturated rings. The van der Waals surface area contributed by atoms with Crippen molar-refractivity contribution in [3.05, 3.63) is 42.5 Å². The van der Waals surface area contributed by atoms with E-state index in [1.165, 1.54) is 25.7 Å². The highest BCUT2D eigenvalue weighted by Crippen LogP contribution is 2.40. The van der Waals surface area contributed by atoms with Crippen molar-refractivity contribution in [1.29, 1.82) is 0 Å². The number of aromatic nitrogens is 4. The Labute approximate surface area is 152 Å². The van der Waals surface area contributed by atoms with Crippen molar-refractivity contribution in [2.45, 2.75) is 50.2 Å². The highest BCUT2D eigenvalue weighted by atomic mass is 16.5. The van der Waals surface area contributed by atoms with Gasteiger partial charge in [0.25, 0.3) is 0 Å². The van der Waals surface area contributed by atoms with Crippen molar-refractivity contribution in [1.82, 2.24) is 19.8 Å². The Morgan fingerprint density at radius 3 is 2.73 bits per heavy atom. The predicted octanol–water partition coefficient (Wildman–Crippen LogP) is 3.70. The molecule has 1 saturated carbocycles. The van der Waals surface area contributed by atoms with E-state index in [-0.39, 0.29) is 5.60 Å². The first-order valence-corrected chi connectivity index (χ1v) is 9.50. The van der Waals surface area contributed by atoms with Crippen LogP contribution in [0.2, 0.25) is 0 Å². The van der Waals surface area contributed by atoms with Crippen molar-refractivity contribution in [3.63, 3.8) is 0 Å². The van der Waals surface area contributed by atoms with Gasteiger partial charge in [-0.05, 0) is 37.8 Å². The summed E-state index contributed by atoms with van der Waals surface area (Å²) in [6, 6.07) is 14.4. The number of hydrogen-bond acceptors (Lipinski definition) is 5. The van der Waals surface area contributed by atoms with Gasteiger partial charge < -0.3 is 10.1 Å². The minimum atomic E-state index is 0.103. The van der Waals surface area contributed by atoms with E-state index in [1.807, 2.05) is 47.0 Å². The molecular weight excluding hydrogens is 326 g/mol. The highest BCUT2D eigenvalue weighted by Gasteiger charge is 2.39. The number of rotatable bonds is 3. The normalized spacial score (nSPS) is 22.1. The van der Waals surface area contributed by atoms with Crippen LogP contribution < -0.4 is 5.32 Å². The molecule has 1 spiro atoms. The van der Waals surface area contributed by atoms with E-state index in [0.29, 0.717) is 6.04 Å². The van der Waals surface area contributed by atoms with Crippen LogP contribution in [0.15, 0.2) is 42.5 Å². The van der Waals surface area contributed by atoms with Gasteiger partial charge in [0.2, 0.25) is 0 Å². The van der Waals surface area contributed by atoms with Crippen molar-refractivity contribution < 1.29 is 4.74 Å². The molecule has 0 bridgehead atoms. The zero-order chi connectivity index (χ0) is 17.4. The largest absolute Gasteiger partial charge is 0.375 e. The van der Waals surface area contributed by atoms with Crippen LogP contribution in [-0.2, 0) is 4.74 Å². The Balaban J connectivity index is 1.41. The third-order valence-corrected chi connectivity index (χ3v) is 5.65.